The van der Waals surface area contributed by atoms with Gasteiger partial charge >= 0.3 is 118 Å². The van der Waals surface area contributed by atoms with Crippen LogP contribution < -0.4 is 158 Å². The predicted octanol–water partition coefficient (Wildman–Crippen LogP) is -10.7. The molecule has 0 aliphatic rings. The molecule has 4 aromatic carbocycles. The van der Waals surface area contributed by atoms with Gasteiger partial charge in [-0.25, -0.2) is 33.7 Å². The topological polar surface area (TPSA) is 266 Å². The van der Waals surface area contributed by atoms with Crippen molar-refractivity contribution >= 4 is 77.5 Å². The minimum Gasteiger partial charge on any atom is -0.744 e. The average Bonchev–Trinajstić information content (AvgIpc) is 3.09. The third-order valence-corrected chi connectivity index (χ3v) is 16.2. The molecule has 0 amide bonds. The normalized spacial score (nSPS) is 11.7. The first kappa shape index (κ1) is 57.6. The number of methoxy groups -OCH3 is 4. The molecule has 0 spiro atoms. The average molecular weight is 941 g/mol. The van der Waals surface area contributed by atoms with E-state index < -0.39 is 75.9 Å². The summed E-state index contributed by atoms with van der Waals surface area (Å²) in [5.41, 5.74) is 0. The molecule has 0 aliphatic carbocycles. The Morgan fingerprint density at radius 3 is 0.754 bits per heavy atom. The summed E-state index contributed by atoms with van der Waals surface area (Å²) in [5.74, 6) is -0.974. The molecule has 4 rings (SSSR count). The van der Waals surface area contributed by atoms with E-state index in [4.69, 9.17) is 18.9 Å². The third-order valence-electron chi connectivity index (χ3n) is 7.68. The predicted molar refractivity (Wildman–Crippen MR) is 191 cm³/mol. The van der Waals surface area contributed by atoms with E-state index in [9.17, 15) is 51.9 Å². The molecule has 0 unspecified atom stereocenters. The van der Waals surface area contributed by atoms with Crippen LogP contribution in [0.25, 0.3) is 0 Å². The van der Waals surface area contributed by atoms with Gasteiger partial charge in [-0.1, -0.05) is 24.3 Å². The molecular formula is C31H30Na4O16P2S4. The molecule has 0 N–H and O–H groups in total. The fraction of sp³-hybridized carbons (Fsp3) is 0.226. The number of rotatable bonds is 16. The Bertz CT molecular complexity index is 2140. The van der Waals surface area contributed by atoms with Crippen LogP contribution in [0, 0.1) is 0 Å². The van der Waals surface area contributed by atoms with Gasteiger partial charge in [-0.15, -0.1) is 0 Å². The zero-order chi connectivity index (χ0) is 39.5. The SMILES string of the molecule is COc1ccc(P(CCCP(c2ccc(OC)c(S(=O)(=O)[O-])c2)c2ccc(OC)c(S(=O)(=O)[O-])c2)c2ccc(OC)c(S(=O)(=O)[O-])c2)cc1S(=O)(=O)[O-].[Na+].[Na+].[Na+].[Na+]. The molecule has 4 aromatic rings. The Hall–Kier alpha value is 0.580. The fourth-order valence-electron chi connectivity index (χ4n) is 5.32. The van der Waals surface area contributed by atoms with Gasteiger partial charge in [0.15, 0.2) is 0 Å². The molecule has 0 aliphatic heterocycles. The number of hydrogen-bond acceptors (Lipinski definition) is 16. The van der Waals surface area contributed by atoms with E-state index >= 15 is 0 Å². The quantitative estimate of drug-likeness (QED) is 0.0574. The van der Waals surface area contributed by atoms with Gasteiger partial charge in [0.2, 0.25) is 0 Å². The molecule has 288 valence electrons. The Morgan fingerprint density at radius 1 is 0.404 bits per heavy atom. The molecule has 0 saturated heterocycles. The fourth-order valence-corrected chi connectivity index (χ4v) is 13.3. The first-order chi connectivity index (χ1) is 24.6. The van der Waals surface area contributed by atoms with Crippen molar-refractivity contribution in [3.8, 4) is 23.0 Å². The van der Waals surface area contributed by atoms with Crippen LogP contribution >= 0.6 is 15.8 Å². The first-order valence-corrected chi connectivity index (χ1v) is 23.4. The minimum absolute atomic E-state index is 0. The van der Waals surface area contributed by atoms with Gasteiger partial charge in [0.25, 0.3) is 0 Å². The van der Waals surface area contributed by atoms with Crippen molar-refractivity contribution in [3.05, 3.63) is 72.8 Å². The standard InChI is InChI=1S/C31H34O16P2S4.4Na/c1-44-24-10-6-20(16-28(24)50(32,33)34)48(21-7-11-25(45-2)29(17-21)51(35,36)37)14-5-15-49(22-8-12-26(46-3)30(18-22)52(38,39)40)23-9-13-27(47-4)31(19-23)53(41,42)43;;;;/h6-13,16-19H,5,14-15H2,1-4H3,(H,32,33,34)(H,35,36,37)(H,38,39,40)(H,41,42,43);;;;/q;4*+1/p-4. The van der Waals surface area contributed by atoms with Crippen molar-refractivity contribution in [3.63, 3.8) is 0 Å². The maximum Gasteiger partial charge on any atom is 1.00 e. The van der Waals surface area contributed by atoms with Crippen molar-refractivity contribution < 1.29 is 189 Å². The van der Waals surface area contributed by atoms with Gasteiger partial charge in [0.1, 0.15) is 63.5 Å². The van der Waals surface area contributed by atoms with Crippen LogP contribution in [0.4, 0.5) is 0 Å². The van der Waals surface area contributed by atoms with Crippen LogP contribution in [0.3, 0.4) is 0 Å². The summed E-state index contributed by atoms with van der Waals surface area (Å²) in [6, 6.07) is 15.3. The Balaban J connectivity index is 0.00000784. The van der Waals surface area contributed by atoms with Gasteiger partial charge in [-0.2, -0.15) is 0 Å². The van der Waals surface area contributed by atoms with Crippen molar-refractivity contribution in [2.75, 3.05) is 40.8 Å². The van der Waals surface area contributed by atoms with Crippen LogP contribution in [-0.4, -0.2) is 92.6 Å². The maximum atomic E-state index is 12.2. The molecule has 0 radical (unpaired) electrons. The molecule has 0 aromatic heterocycles. The van der Waals surface area contributed by atoms with E-state index in [-0.39, 0.29) is 181 Å². The molecule has 16 nitrogen and oxygen atoms in total. The Morgan fingerprint density at radius 2 is 0.596 bits per heavy atom. The number of benzene rings is 4. The van der Waals surface area contributed by atoms with Gasteiger partial charge in [0, 0.05) is 0 Å². The van der Waals surface area contributed by atoms with E-state index in [1.807, 2.05) is 0 Å². The van der Waals surface area contributed by atoms with Crippen molar-refractivity contribution in [1.82, 2.24) is 0 Å². The molecule has 0 heterocycles. The summed E-state index contributed by atoms with van der Waals surface area (Å²) in [5, 5.41) is 1.08. The summed E-state index contributed by atoms with van der Waals surface area (Å²) in [6.45, 7) is 0. The van der Waals surface area contributed by atoms with Crippen LogP contribution in [0.2, 0.25) is 0 Å². The van der Waals surface area contributed by atoms with E-state index in [2.05, 4.69) is 0 Å². The van der Waals surface area contributed by atoms with Gasteiger partial charge in [0.05, 0.1) is 48.0 Å². The van der Waals surface area contributed by atoms with E-state index in [0.29, 0.717) is 0 Å². The second-order valence-electron chi connectivity index (χ2n) is 10.8. The smallest absolute Gasteiger partial charge is 0.744 e. The van der Waals surface area contributed by atoms with E-state index in [0.717, 1.165) is 52.7 Å². The summed E-state index contributed by atoms with van der Waals surface area (Å²) in [6.07, 6.45) is 0.413. The first-order valence-electron chi connectivity index (χ1n) is 14.7. The van der Waals surface area contributed by atoms with Crippen molar-refractivity contribution in [2.24, 2.45) is 0 Å². The third kappa shape index (κ3) is 14.8. The summed E-state index contributed by atoms with van der Waals surface area (Å²) < 4.78 is 166. The maximum absolute atomic E-state index is 12.2. The Labute approximate surface area is 423 Å². The number of hydrogen-bond donors (Lipinski definition) is 0. The van der Waals surface area contributed by atoms with Gasteiger partial charge in [-0.3, -0.25) is 0 Å². The van der Waals surface area contributed by atoms with Crippen molar-refractivity contribution in [1.29, 1.82) is 0 Å². The van der Waals surface area contributed by atoms with Crippen molar-refractivity contribution in [2.45, 2.75) is 26.0 Å². The molecular weight excluding hydrogens is 911 g/mol. The molecule has 0 atom stereocenters. The summed E-state index contributed by atoms with van der Waals surface area (Å²) in [4.78, 5) is -2.75. The zero-order valence-electron chi connectivity index (χ0n) is 32.1. The second kappa shape index (κ2) is 23.9. The zero-order valence-corrected chi connectivity index (χ0v) is 45.2. The van der Waals surface area contributed by atoms with Crippen LogP contribution in [-0.2, 0) is 40.5 Å². The minimum atomic E-state index is -5.07. The van der Waals surface area contributed by atoms with E-state index in [1.54, 1.807) is 0 Å². The molecule has 0 fully saturated rings. The molecule has 57 heavy (non-hydrogen) atoms. The van der Waals surface area contributed by atoms with Crippen LogP contribution in [0.1, 0.15) is 6.42 Å². The molecule has 0 saturated carbocycles. The van der Waals surface area contributed by atoms with Crippen LogP contribution in [0.15, 0.2) is 92.4 Å². The monoisotopic (exact) mass is 940 g/mol. The molecule has 26 heteroatoms. The van der Waals surface area contributed by atoms with Crippen LogP contribution in [0.5, 0.6) is 23.0 Å². The van der Waals surface area contributed by atoms with Gasteiger partial charge < -0.3 is 37.2 Å². The molecule has 0 bridgehead atoms. The summed E-state index contributed by atoms with van der Waals surface area (Å²) in [7, 11) is -19.2. The largest absolute Gasteiger partial charge is 1.00 e. The Kier molecular flexibility index (Phi) is 24.1. The van der Waals surface area contributed by atoms with E-state index in [1.165, 1.54) is 48.5 Å². The summed E-state index contributed by atoms with van der Waals surface area (Å²) >= 11 is 0. The van der Waals surface area contributed by atoms with Gasteiger partial charge in [-0.05, 0) is 104 Å². The number of ether oxygens (including phenoxy) is 4. The second-order valence-corrected chi connectivity index (χ2v) is 20.9.